The fraction of sp³-hybridized carbons (Fsp3) is 0.412. The molecule has 1 aromatic rings. The van der Waals surface area contributed by atoms with Gasteiger partial charge >= 0.3 is 5.97 Å². The highest BCUT2D eigenvalue weighted by molar-refractivity contribution is 7.89. The van der Waals surface area contributed by atoms with E-state index in [9.17, 15) is 18.0 Å². The van der Waals surface area contributed by atoms with Crippen molar-refractivity contribution in [1.29, 1.82) is 0 Å². The summed E-state index contributed by atoms with van der Waals surface area (Å²) in [5, 5.41) is 0. The van der Waals surface area contributed by atoms with E-state index in [-0.39, 0.29) is 11.6 Å². The molecular formula is C17H21NO7S. The number of hydrogen-bond donors (Lipinski definition) is 0. The highest BCUT2D eigenvalue weighted by atomic mass is 32.2. The van der Waals surface area contributed by atoms with Crippen molar-refractivity contribution in [3.63, 3.8) is 0 Å². The third-order valence-corrected chi connectivity index (χ3v) is 5.80. The summed E-state index contributed by atoms with van der Waals surface area (Å²) in [4.78, 5) is 24.5. The van der Waals surface area contributed by atoms with Gasteiger partial charge in [0.25, 0.3) is 11.7 Å². The van der Waals surface area contributed by atoms with E-state index in [1.165, 1.54) is 28.0 Å². The van der Waals surface area contributed by atoms with E-state index in [1.807, 2.05) is 0 Å². The zero-order valence-electron chi connectivity index (χ0n) is 15.2. The van der Waals surface area contributed by atoms with Gasteiger partial charge in [0.1, 0.15) is 5.75 Å². The van der Waals surface area contributed by atoms with E-state index in [0.29, 0.717) is 11.3 Å². The van der Waals surface area contributed by atoms with Crippen LogP contribution in [0.3, 0.4) is 0 Å². The second kappa shape index (κ2) is 6.99. The van der Waals surface area contributed by atoms with Gasteiger partial charge in [-0.05, 0) is 19.9 Å². The number of esters is 1. The summed E-state index contributed by atoms with van der Waals surface area (Å²) in [6.45, 7) is 4.04. The van der Waals surface area contributed by atoms with Gasteiger partial charge in [0, 0.05) is 19.5 Å². The van der Waals surface area contributed by atoms with E-state index in [2.05, 4.69) is 0 Å². The average molecular weight is 383 g/mol. The lowest BCUT2D eigenvalue weighted by atomic mass is 9.91. The second-order valence-electron chi connectivity index (χ2n) is 5.76. The van der Waals surface area contributed by atoms with Crippen LogP contribution in [0.5, 0.6) is 5.75 Å². The van der Waals surface area contributed by atoms with Crippen LogP contribution in [0.25, 0.3) is 0 Å². The molecule has 0 N–H and O–H groups in total. The van der Waals surface area contributed by atoms with Gasteiger partial charge in [-0.15, -0.1) is 0 Å². The maximum atomic E-state index is 13.0. The zero-order valence-corrected chi connectivity index (χ0v) is 16.0. The van der Waals surface area contributed by atoms with E-state index < -0.39 is 33.1 Å². The van der Waals surface area contributed by atoms with Crippen LogP contribution in [-0.4, -0.2) is 44.4 Å². The number of ether oxygens (including phenoxy) is 3. The molecule has 1 aromatic carbocycles. The van der Waals surface area contributed by atoms with E-state index >= 15 is 0 Å². The normalized spacial score (nSPS) is 20.0. The van der Waals surface area contributed by atoms with Gasteiger partial charge in [-0.2, -0.15) is 0 Å². The second-order valence-corrected chi connectivity index (χ2v) is 8.05. The molecule has 142 valence electrons. The number of ketones is 1. The number of hydrogen-bond acceptors (Lipinski definition) is 7. The van der Waals surface area contributed by atoms with Crippen molar-refractivity contribution in [3.05, 3.63) is 41.5 Å². The lowest BCUT2D eigenvalue weighted by Gasteiger charge is -2.27. The molecule has 9 heteroatoms. The van der Waals surface area contributed by atoms with Gasteiger partial charge in [0.05, 0.1) is 12.9 Å². The topological polar surface area (TPSA) is 99.2 Å². The lowest BCUT2D eigenvalue weighted by Crippen LogP contribution is -2.33. The number of carbonyl (C=O) groups is 2. The van der Waals surface area contributed by atoms with Crippen molar-refractivity contribution in [1.82, 2.24) is 4.31 Å². The summed E-state index contributed by atoms with van der Waals surface area (Å²) in [7, 11) is -1.07. The van der Waals surface area contributed by atoms with Crippen molar-refractivity contribution in [2.24, 2.45) is 0 Å². The number of sulfonamides is 1. The molecule has 0 bridgehead atoms. The molecule has 0 aromatic heterocycles. The molecular weight excluding hydrogens is 362 g/mol. The SMILES string of the molecule is CCS(=O)(=O)N(C)C1=C(OC(C)=O)C(=O)C(C)(c2ccccc2OC)O1. The number of carbonyl (C=O) groups excluding carboxylic acids is 2. The smallest absolute Gasteiger partial charge is 0.308 e. The summed E-state index contributed by atoms with van der Waals surface area (Å²) in [6.07, 6.45) is 0. The first-order valence-electron chi connectivity index (χ1n) is 7.85. The van der Waals surface area contributed by atoms with Crippen LogP contribution in [0.1, 0.15) is 26.3 Å². The fourth-order valence-electron chi connectivity index (χ4n) is 2.58. The number of rotatable bonds is 6. The van der Waals surface area contributed by atoms with Crippen LogP contribution in [0, 0.1) is 0 Å². The minimum Gasteiger partial charge on any atom is -0.496 e. The molecule has 1 aliphatic heterocycles. The molecule has 0 fully saturated rings. The Kier molecular flexibility index (Phi) is 5.31. The molecule has 0 saturated carbocycles. The lowest BCUT2D eigenvalue weighted by molar-refractivity contribution is -0.142. The molecule has 0 spiro atoms. The third-order valence-electron chi connectivity index (χ3n) is 4.07. The van der Waals surface area contributed by atoms with Crippen LogP contribution < -0.4 is 4.74 Å². The Balaban J connectivity index is 2.61. The van der Waals surface area contributed by atoms with Crippen LogP contribution in [0.4, 0.5) is 0 Å². The molecule has 0 amide bonds. The number of Topliss-reactive ketones (excluding diaryl/α,β-unsaturated/α-hetero) is 1. The first-order valence-corrected chi connectivity index (χ1v) is 9.46. The summed E-state index contributed by atoms with van der Waals surface area (Å²) < 4.78 is 41.3. The van der Waals surface area contributed by atoms with Crippen molar-refractivity contribution in [3.8, 4) is 5.75 Å². The Bertz CT molecular complexity index is 875. The van der Waals surface area contributed by atoms with E-state index in [0.717, 1.165) is 11.2 Å². The molecule has 2 rings (SSSR count). The predicted molar refractivity (Wildman–Crippen MR) is 92.5 cm³/mol. The Morgan fingerprint density at radius 1 is 1.31 bits per heavy atom. The number of para-hydroxylation sites is 1. The summed E-state index contributed by atoms with van der Waals surface area (Å²) in [5.74, 6) is -2.06. The fourth-order valence-corrected chi connectivity index (χ4v) is 3.34. The molecule has 0 saturated heterocycles. The summed E-state index contributed by atoms with van der Waals surface area (Å²) in [5.41, 5.74) is -1.22. The standard InChI is InChI=1S/C17H21NO7S/c1-6-26(21,22)18(4)16-14(24-11(2)19)15(20)17(3,25-16)12-9-7-8-10-13(12)23-5/h7-10H,6H2,1-5H3. The molecule has 26 heavy (non-hydrogen) atoms. The molecule has 1 heterocycles. The quantitative estimate of drug-likeness (QED) is 0.687. The molecule has 0 aliphatic carbocycles. The third kappa shape index (κ3) is 3.26. The monoisotopic (exact) mass is 383 g/mol. The molecule has 1 unspecified atom stereocenters. The van der Waals surface area contributed by atoms with Gasteiger partial charge < -0.3 is 14.2 Å². The minimum absolute atomic E-state index is 0.219. The number of benzene rings is 1. The van der Waals surface area contributed by atoms with Crippen LogP contribution >= 0.6 is 0 Å². The summed E-state index contributed by atoms with van der Waals surface area (Å²) in [6, 6.07) is 6.68. The van der Waals surface area contributed by atoms with Crippen molar-refractivity contribution in [2.45, 2.75) is 26.4 Å². The average Bonchev–Trinajstić information content (AvgIpc) is 2.86. The maximum absolute atomic E-state index is 13.0. The Labute approximate surface area is 152 Å². The van der Waals surface area contributed by atoms with Gasteiger partial charge in [-0.3, -0.25) is 9.59 Å². The minimum atomic E-state index is -3.75. The van der Waals surface area contributed by atoms with E-state index in [4.69, 9.17) is 14.2 Å². The maximum Gasteiger partial charge on any atom is 0.308 e. The molecule has 0 radical (unpaired) electrons. The zero-order chi connectivity index (χ0) is 19.7. The molecule has 1 aliphatic rings. The highest BCUT2D eigenvalue weighted by Crippen LogP contribution is 2.43. The van der Waals surface area contributed by atoms with Crippen LogP contribution in [0.2, 0.25) is 0 Å². The Morgan fingerprint density at radius 3 is 2.46 bits per heavy atom. The summed E-state index contributed by atoms with van der Waals surface area (Å²) >= 11 is 0. The first-order chi connectivity index (χ1) is 12.1. The highest BCUT2D eigenvalue weighted by Gasteiger charge is 2.52. The van der Waals surface area contributed by atoms with Gasteiger partial charge in [0.15, 0.2) is 0 Å². The molecule has 1 atom stereocenters. The van der Waals surface area contributed by atoms with Gasteiger partial charge in [-0.1, -0.05) is 18.2 Å². The molecule has 8 nitrogen and oxygen atoms in total. The van der Waals surface area contributed by atoms with Crippen molar-refractivity contribution in [2.75, 3.05) is 19.9 Å². The van der Waals surface area contributed by atoms with Crippen LogP contribution in [0.15, 0.2) is 35.9 Å². The Hall–Kier alpha value is -2.55. The van der Waals surface area contributed by atoms with Gasteiger partial charge in [0.2, 0.25) is 21.4 Å². The van der Waals surface area contributed by atoms with E-state index in [1.54, 1.807) is 24.3 Å². The number of methoxy groups -OCH3 is 1. The first kappa shape index (κ1) is 19.8. The Morgan fingerprint density at radius 2 is 1.92 bits per heavy atom. The predicted octanol–water partition coefficient (Wildman–Crippen LogP) is 1.52. The number of nitrogens with zero attached hydrogens (tertiary/aromatic N) is 1. The van der Waals surface area contributed by atoms with Gasteiger partial charge in [-0.25, -0.2) is 12.7 Å². The van der Waals surface area contributed by atoms with Crippen molar-refractivity contribution < 1.29 is 32.2 Å². The van der Waals surface area contributed by atoms with Crippen LogP contribution in [-0.2, 0) is 34.7 Å². The van der Waals surface area contributed by atoms with Crippen molar-refractivity contribution >= 4 is 21.8 Å². The largest absolute Gasteiger partial charge is 0.496 e.